The summed E-state index contributed by atoms with van der Waals surface area (Å²) < 4.78 is 0. The molecule has 3 rings (SSSR count). The number of benzene rings is 1. The normalized spacial score (nSPS) is 27.1. The van der Waals surface area contributed by atoms with Crippen LogP contribution in [-0.4, -0.2) is 42.0 Å². The molecule has 5 heteroatoms. The summed E-state index contributed by atoms with van der Waals surface area (Å²) in [6, 6.07) is 10.6. The van der Waals surface area contributed by atoms with E-state index in [-0.39, 0.29) is 24.0 Å². The standard InChI is InChI=1S/C17H23N3O2/c1-12(21)18-14-8-5-9-20(11-14)17(22)19-16-10-15(16)13-6-3-2-4-7-13/h2-4,6-7,14-16H,5,8-11H2,1H3,(H,18,21)(H,19,22)/t14-,15+,16+/m1/s1. The number of carbonyl (C=O) groups is 2. The molecule has 0 unspecified atom stereocenters. The van der Waals surface area contributed by atoms with Crippen LogP contribution >= 0.6 is 0 Å². The maximum Gasteiger partial charge on any atom is 0.317 e. The van der Waals surface area contributed by atoms with Crippen LogP contribution in [0.3, 0.4) is 0 Å². The number of hydrogen-bond donors (Lipinski definition) is 2. The first kappa shape index (κ1) is 14.9. The molecule has 2 N–H and O–H groups in total. The highest BCUT2D eigenvalue weighted by molar-refractivity contribution is 5.76. The van der Waals surface area contributed by atoms with Crippen LogP contribution < -0.4 is 10.6 Å². The fraction of sp³-hybridized carbons (Fsp3) is 0.529. The molecule has 0 bridgehead atoms. The first-order chi connectivity index (χ1) is 10.6. The minimum atomic E-state index is -0.0291. The van der Waals surface area contributed by atoms with E-state index in [4.69, 9.17) is 0 Å². The molecule has 1 aliphatic carbocycles. The molecule has 2 aliphatic rings. The quantitative estimate of drug-likeness (QED) is 0.895. The second kappa shape index (κ2) is 6.38. The molecule has 1 aromatic carbocycles. The third kappa shape index (κ3) is 3.59. The van der Waals surface area contributed by atoms with Crippen molar-refractivity contribution >= 4 is 11.9 Å². The lowest BCUT2D eigenvalue weighted by Crippen LogP contribution is -2.52. The van der Waals surface area contributed by atoms with Crippen LogP contribution in [0.2, 0.25) is 0 Å². The second-order valence-corrected chi connectivity index (χ2v) is 6.29. The van der Waals surface area contributed by atoms with Crippen molar-refractivity contribution in [3.63, 3.8) is 0 Å². The number of carbonyl (C=O) groups excluding carboxylic acids is 2. The van der Waals surface area contributed by atoms with Gasteiger partial charge in [0.1, 0.15) is 0 Å². The molecule has 3 atom stereocenters. The van der Waals surface area contributed by atoms with Gasteiger partial charge in [-0.05, 0) is 24.8 Å². The van der Waals surface area contributed by atoms with Crippen LogP contribution in [-0.2, 0) is 4.79 Å². The first-order valence-electron chi connectivity index (χ1n) is 8.01. The van der Waals surface area contributed by atoms with Gasteiger partial charge in [-0.25, -0.2) is 4.79 Å². The van der Waals surface area contributed by atoms with Crippen LogP contribution in [0, 0.1) is 0 Å². The maximum absolute atomic E-state index is 12.4. The number of nitrogens with zero attached hydrogens (tertiary/aromatic N) is 1. The number of rotatable bonds is 3. The Balaban J connectivity index is 1.49. The molecule has 22 heavy (non-hydrogen) atoms. The summed E-state index contributed by atoms with van der Waals surface area (Å²) in [5, 5.41) is 6.03. The molecule has 5 nitrogen and oxygen atoms in total. The van der Waals surface area contributed by atoms with E-state index in [0.717, 1.165) is 25.8 Å². The highest BCUT2D eigenvalue weighted by Gasteiger charge is 2.40. The highest BCUT2D eigenvalue weighted by Crippen LogP contribution is 2.40. The lowest BCUT2D eigenvalue weighted by atomic mass is 10.1. The Morgan fingerprint density at radius 2 is 1.95 bits per heavy atom. The van der Waals surface area contributed by atoms with Gasteiger partial charge in [0.2, 0.25) is 5.91 Å². The number of likely N-dealkylation sites (tertiary alicyclic amines) is 1. The van der Waals surface area contributed by atoms with Crippen molar-refractivity contribution in [2.45, 2.75) is 44.2 Å². The smallest absolute Gasteiger partial charge is 0.317 e. The Kier molecular flexibility index (Phi) is 4.32. The van der Waals surface area contributed by atoms with Gasteiger partial charge in [-0.2, -0.15) is 0 Å². The summed E-state index contributed by atoms with van der Waals surface area (Å²) in [5.41, 5.74) is 1.29. The Bertz CT molecular complexity index is 546. The largest absolute Gasteiger partial charge is 0.352 e. The monoisotopic (exact) mass is 301 g/mol. The number of nitrogens with one attached hydrogen (secondary N) is 2. The molecule has 1 saturated heterocycles. The molecule has 2 fully saturated rings. The zero-order valence-electron chi connectivity index (χ0n) is 12.9. The Labute approximate surface area is 131 Å². The fourth-order valence-electron chi connectivity index (χ4n) is 3.24. The lowest BCUT2D eigenvalue weighted by molar-refractivity contribution is -0.119. The van der Waals surface area contributed by atoms with Crippen molar-refractivity contribution in [3.8, 4) is 0 Å². The van der Waals surface area contributed by atoms with Gasteiger partial charge in [0, 0.05) is 38.0 Å². The summed E-state index contributed by atoms with van der Waals surface area (Å²) >= 11 is 0. The zero-order valence-corrected chi connectivity index (χ0v) is 12.9. The van der Waals surface area contributed by atoms with Crippen LogP contribution in [0.1, 0.15) is 37.7 Å². The summed E-state index contributed by atoms with van der Waals surface area (Å²) in [5.74, 6) is 0.416. The van der Waals surface area contributed by atoms with Gasteiger partial charge in [0.15, 0.2) is 0 Å². The van der Waals surface area contributed by atoms with Gasteiger partial charge in [0.25, 0.3) is 0 Å². The molecule has 1 aliphatic heterocycles. The van der Waals surface area contributed by atoms with Crippen LogP contribution in [0.4, 0.5) is 4.79 Å². The van der Waals surface area contributed by atoms with Crippen molar-refractivity contribution in [1.82, 2.24) is 15.5 Å². The van der Waals surface area contributed by atoms with E-state index in [2.05, 4.69) is 22.8 Å². The van der Waals surface area contributed by atoms with Gasteiger partial charge in [-0.15, -0.1) is 0 Å². The SMILES string of the molecule is CC(=O)N[C@@H]1CCCN(C(=O)N[C@H]2C[C@H]2c2ccccc2)C1. The lowest BCUT2D eigenvalue weighted by Gasteiger charge is -2.33. The van der Waals surface area contributed by atoms with Gasteiger partial charge in [-0.3, -0.25) is 4.79 Å². The Hall–Kier alpha value is -2.04. The summed E-state index contributed by atoms with van der Waals surface area (Å²) in [7, 11) is 0. The van der Waals surface area contributed by atoms with Crippen molar-refractivity contribution in [3.05, 3.63) is 35.9 Å². The Morgan fingerprint density at radius 1 is 1.18 bits per heavy atom. The van der Waals surface area contributed by atoms with Crippen molar-refractivity contribution in [1.29, 1.82) is 0 Å². The van der Waals surface area contributed by atoms with Crippen LogP contribution in [0.15, 0.2) is 30.3 Å². The minimum absolute atomic E-state index is 0.00140. The Morgan fingerprint density at radius 3 is 2.68 bits per heavy atom. The molecule has 0 spiro atoms. The number of urea groups is 1. The highest BCUT2D eigenvalue weighted by atomic mass is 16.2. The van der Waals surface area contributed by atoms with Gasteiger partial charge in [0.05, 0.1) is 0 Å². The van der Waals surface area contributed by atoms with Crippen LogP contribution in [0.5, 0.6) is 0 Å². The predicted molar refractivity (Wildman–Crippen MR) is 84.5 cm³/mol. The second-order valence-electron chi connectivity index (χ2n) is 6.29. The van der Waals surface area contributed by atoms with E-state index in [9.17, 15) is 9.59 Å². The van der Waals surface area contributed by atoms with Crippen molar-refractivity contribution in [2.24, 2.45) is 0 Å². The third-order valence-corrected chi connectivity index (χ3v) is 4.44. The van der Waals surface area contributed by atoms with E-state index in [1.54, 1.807) is 0 Å². The zero-order chi connectivity index (χ0) is 15.5. The topological polar surface area (TPSA) is 61.4 Å². The maximum atomic E-state index is 12.4. The molecule has 0 radical (unpaired) electrons. The molecular formula is C17H23N3O2. The summed E-state index contributed by atoms with van der Waals surface area (Å²) in [6.45, 7) is 2.90. The van der Waals surface area contributed by atoms with E-state index in [0.29, 0.717) is 12.5 Å². The van der Waals surface area contributed by atoms with E-state index < -0.39 is 0 Å². The molecule has 3 amide bonds. The van der Waals surface area contributed by atoms with Gasteiger partial charge < -0.3 is 15.5 Å². The van der Waals surface area contributed by atoms with E-state index in [1.807, 2.05) is 23.1 Å². The van der Waals surface area contributed by atoms with Crippen molar-refractivity contribution in [2.75, 3.05) is 13.1 Å². The summed E-state index contributed by atoms with van der Waals surface area (Å²) in [4.78, 5) is 25.3. The minimum Gasteiger partial charge on any atom is -0.352 e. The first-order valence-corrected chi connectivity index (χ1v) is 8.01. The number of hydrogen-bond acceptors (Lipinski definition) is 2. The third-order valence-electron chi connectivity index (χ3n) is 4.44. The number of piperidine rings is 1. The molecule has 1 heterocycles. The molecule has 0 aromatic heterocycles. The van der Waals surface area contributed by atoms with Gasteiger partial charge >= 0.3 is 6.03 Å². The van der Waals surface area contributed by atoms with E-state index in [1.165, 1.54) is 12.5 Å². The molecule has 1 saturated carbocycles. The van der Waals surface area contributed by atoms with E-state index >= 15 is 0 Å². The van der Waals surface area contributed by atoms with Crippen molar-refractivity contribution < 1.29 is 9.59 Å². The number of amides is 3. The van der Waals surface area contributed by atoms with Gasteiger partial charge in [-0.1, -0.05) is 30.3 Å². The fourth-order valence-corrected chi connectivity index (χ4v) is 3.24. The van der Waals surface area contributed by atoms with Crippen LogP contribution in [0.25, 0.3) is 0 Å². The molecular weight excluding hydrogens is 278 g/mol. The average Bonchev–Trinajstić information content (AvgIpc) is 3.27. The molecule has 118 valence electrons. The summed E-state index contributed by atoms with van der Waals surface area (Å²) in [6.07, 6.45) is 2.89. The average molecular weight is 301 g/mol. The predicted octanol–water partition coefficient (Wildman–Crippen LogP) is 1.85. The molecule has 1 aromatic rings.